The van der Waals surface area contributed by atoms with Gasteiger partial charge in [0.05, 0.1) is 5.56 Å². The summed E-state index contributed by atoms with van der Waals surface area (Å²) in [5.74, 6) is -0.191. The van der Waals surface area contributed by atoms with Crippen molar-refractivity contribution >= 4 is 15.9 Å². The topological polar surface area (TPSA) is 109 Å². The molecule has 0 aliphatic carbocycles. The van der Waals surface area contributed by atoms with Crippen molar-refractivity contribution in [3.63, 3.8) is 0 Å². The average Bonchev–Trinajstić information content (AvgIpc) is 3.29. The maximum Gasteiger partial charge on any atom is 0.417 e. The Bertz CT molecular complexity index is 1140. The van der Waals surface area contributed by atoms with Crippen molar-refractivity contribution in [1.29, 1.82) is 0 Å². The molecule has 0 fully saturated rings. The molecule has 0 bridgehead atoms. The zero-order valence-corrected chi connectivity index (χ0v) is 15.1. The lowest BCUT2D eigenvalue weighted by Gasteiger charge is -2.18. The number of rotatable bonds is 3. The second-order valence-corrected chi connectivity index (χ2v) is 7.86. The van der Waals surface area contributed by atoms with Crippen molar-refractivity contribution in [1.82, 2.24) is 5.32 Å². The van der Waals surface area contributed by atoms with E-state index in [1.165, 1.54) is 6.07 Å². The molecule has 2 aromatic carbocycles. The minimum Gasteiger partial charge on any atom is -0.309 e. The van der Waals surface area contributed by atoms with Crippen LogP contribution < -0.4 is 10.5 Å². The Balaban J connectivity index is 2.06. The molecule has 2 aliphatic heterocycles. The van der Waals surface area contributed by atoms with Gasteiger partial charge in [0.2, 0.25) is 10.0 Å². The van der Waals surface area contributed by atoms with Crippen LogP contribution in [0.4, 0.5) is 13.2 Å². The van der Waals surface area contributed by atoms with Gasteiger partial charge in [-0.2, -0.15) is 18.3 Å². The number of amidine groups is 1. The molecule has 0 saturated heterocycles. The van der Waals surface area contributed by atoms with E-state index in [0.717, 1.165) is 17.2 Å². The highest BCUT2D eigenvalue weighted by Gasteiger charge is 2.40. The normalized spacial score (nSPS) is 16.4. The van der Waals surface area contributed by atoms with Gasteiger partial charge in [-0.15, -0.1) is 5.11 Å². The minimum absolute atomic E-state index is 0.0941. The molecule has 0 spiro atoms. The molecule has 0 aromatic heterocycles. The Labute approximate surface area is 158 Å². The summed E-state index contributed by atoms with van der Waals surface area (Å²) < 4.78 is 65.0. The molecule has 7 nitrogen and oxygen atoms in total. The molecule has 2 aliphatic rings. The van der Waals surface area contributed by atoms with Gasteiger partial charge in [-0.25, -0.2) is 18.5 Å². The lowest BCUT2D eigenvalue weighted by molar-refractivity contribution is -0.139. The molecular weight excluding hydrogens is 395 g/mol. The van der Waals surface area contributed by atoms with Gasteiger partial charge >= 0.3 is 6.18 Å². The molecule has 4 rings (SSSR count). The van der Waals surface area contributed by atoms with E-state index >= 15 is 0 Å². The molecule has 2 aromatic rings. The molecule has 2 heterocycles. The van der Waals surface area contributed by atoms with E-state index in [1.54, 1.807) is 12.1 Å². The summed E-state index contributed by atoms with van der Waals surface area (Å²) >= 11 is 0. The van der Waals surface area contributed by atoms with Crippen LogP contribution in [0.1, 0.15) is 22.3 Å². The molecule has 0 saturated carbocycles. The molecule has 146 valence electrons. The maximum atomic E-state index is 13.5. The first-order valence-electron chi connectivity index (χ1n) is 8.18. The van der Waals surface area contributed by atoms with Crippen molar-refractivity contribution < 1.29 is 21.6 Å². The van der Waals surface area contributed by atoms with Crippen LogP contribution >= 0.6 is 0 Å². The van der Waals surface area contributed by atoms with Gasteiger partial charge in [-0.3, -0.25) is 0 Å². The number of primary sulfonamides is 1. The Kier molecular flexibility index (Phi) is 4.32. The molecule has 0 radical (unpaired) electrons. The highest BCUT2D eigenvalue weighted by atomic mass is 32.2. The summed E-state index contributed by atoms with van der Waals surface area (Å²) in [6.07, 6.45) is -4.92. The number of fused-ring (bicyclic) bond motifs is 1. The van der Waals surface area contributed by atoms with E-state index < -0.39 is 26.7 Å². The number of azo groups is 1. The Hall–Kier alpha value is -2.63. The first-order valence-corrected chi connectivity index (χ1v) is 9.73. The fraction of sp³-hybridized carbons (Fsp3) is 0.235. The van der Waals surface area contributed by atoms with Crippen molar-refractivity contribution in [2.45, 2.75) is 24.2 Å². The maximum absolute atomic E-state index is 13.5. The van der Waals surface area contributed by atoms with Gasteiger partial charge in [-0.1, -0.05) is 18.2 Å². The van der Waals surface area contributed by atoms with Gasteiger partial charge in [0, 0.05) is 18.7 Å². The number of halogens is 3. The van der Waals surface area contributed by atoms with Crippen LogP contribution in [0.5, 0.6) is 0 Å². The van der Waals surface area contributed by atoms with E-state index in [2.05, 4.69) is 20.5 Å². The Morgan fingerprint density at radius 2 is 1.82 bits per heavy atom. The predicted octanol–water partition coefficient (Wildman–Crippen LogP) is 2.79. The molecule has 28 heavy (non-hydrogen) atoms. The average molecular weight is 409 g/mol. The van der Waals surface area contributed by atoms with Crippen LogP contribution in [0.3, 0.4) is 0 Å². The Morgan fingerprint density at radius 3 is 2.46 bits per heavy atom. The summed E-state index contributed by atoms with van der Waals surface area (Å²) in [4.78, 5) is 2.90. The number of sulfonamides is 1. The van der Waals surface area contributed by atoms with Crippen LogP contribution in [0, 0.1) is 0 Å². The number of nitrogens with one attached hydrogen (secondary N) is 1. The van der Waals surface area contributed by atoms with Gasteiger partial charge in [-0.05, 0) is 34.4 Å². The zero-order chi connectivity index (χ0) is 20.1. The molecule has 3 N–H and O–H groups in total. The predicted molar refractivity (Wildman–Crippen MR) is 95.1 cm³/mol. The number of aliphatic imine (C=N–C) groups is 1. The van der Waals surface area contributed by atoms with Crippen LogP contribution in [0.25, 0.3) is 11.1 Å². The third-order valence-corrected chi connectivity index (χ3v) is 5.56. The number of nitrogens with two attached hydrogens (primary N) is 1. The largest absolute Gasteiger partial charge is 0.417 e. The second kappa shape index (κ2) is 6.47. The highest BCUT2D eigenvalue weighted by Crippen LogP contribution is 2.40. The SMILES string of the molecule is NS(=O)(=O)c1c(C(F)(F)F)ccc(-c2ccc3c(c2)CNC3)c1C1=NCN=N1. The lowest BCUT2D eigenvalue weighted by Crippen LogP contribution is -2.23. The lowest BCUT2D eigenvalue weighted by atomic mass is 9.94. The van der Waals surface area contributed by atoms with Crippen LogP contribution in [-0.4, -0.2) is 20.9 Å². The standard InChI is InChI=1S/C17H14F3N5O2S/c18-17(19,20)13-4-3-12(9-1-2-10-6-22-7-11(10)5-9)14(15(13)28(21,26)27)16-23-8-24-25-16/h1-5,22H,6-8H2,(H2,21,26,27). The molecule has 11 heteroatoms. The van der Waals surface area contributed by atoms with Crippen LogP contribution in [0.15, 0.2) is 50.4 Å². The summed E-state index contributed by atoms with van der Waals surface area (Å²) in [6.45, 7) is 1.21. The van der Waals surface area contributed by atoms with Gasteiger partial charge in [0.15, 0.2) is 12.5 Å². The minimum atomic E-state index is -4.92. The number of nitrogens with zero attached hydrogens (tertiary/aromatic N) is 3. The van der Waals surface area contributed by atoms with E-state index in [0.29, 0.717) is 18.7 Å². The van der Waals surface area contributed by atoms with Crippen molar-refractivity contribution in [2.24, 2.45) is 20.4 Å². The molecule has 0 atom stereocenters. The number of alkyl halides is 3. The zero-order valence-electron chi connectivity index (χ0n) is 14.3. The van der Waals surface area contributed by atoms with Gasteiger partial charge in [0.25, 0.3) is 0 Å². The monoisotopic (exact) mass is 409 g/mol. The third-order valence-electron chi connectivity index (χ3n) is 4.57. The fourth-order valence-electron chi connectivity index (χ4n) is 3.38. The molecule has 0 amide bonds. The van der Waals surface area contributed by atoms with Crippen molar-refractivity contribution in [3.8, 4) is 11.1 Å². The summed E-state index contributed by atoms with van der Waals surface area (Å²) in [6, 6.07) is 7.31. The van der Waals surface area contributed by atoms with E-state index in [1.807, 2.05) is 6.07 Å². The summed E-state index contributed by atoms with van der Waals surface area (Å²) in [5.41, 5.74) is 1.19. The smallest absolute Gasteiger partial charge is 0.309 e. The van der Waals surface area contributed by atoms with Gasteiger partial charge in [0.1, 0.15) is 4.90 Å². The second-order valence-electron chi connectivity index (χ2n) is 6.36. The molecule has 0 unspecified atom stereocenters. The first-order chi connectivity index (χ1) is 13.2. The summed E-state index contributed by atoms with van der Waals surface area (Å²) in [5, 5.41) is 15.8. The summed E-state index contributed by atoms with van der Waals surface area (Å²) in [7, 11) is -4.74. The Morgan fingerprint density at radius 1 is 1.07 bits per heavy atom. The van der Waals surface area contributed by atoms with Crippen LogP contribution in [0.2, 0.25) is 0 Å². The number of hydrogen-bond donors (Lipinski definition) is 2. The fourth-order valence-corrected chi connectivity index (χ4v) is 4.36. The third kappa shape index (κ3) is 3.21. The number of hydrogen-bond acceptors (Lipinski definition) is 6. The molecular formula is C17H14F3N5O2S. The van der Waals surface area contributed by atoms with E-state index in [9.17, 15) is 21.6 Å². The van der Waals surface area contributed by atoms with Crippen molar-refractivity contribution in [2.75, 3.05) is 6.67 Å². The van der Waals surface area contributed by atoms with Gasteiger partial charge < -0.3 is 5.32 Å². The van der Waals surface area contributed by atoms with E-state index in [-0.39, 0.29) is 23.6 Å². The quantitative estimate of drug-likeness (QED) is 0.813. The first kappa shape index (κ1) is 18.7. The highest BCUT2D eigenvalue weighted by molar-refractivity contribution is 7.89. The van der Waals surface area contributed by atoms with Crippen molar-refractivity contribution in [3.05, 3.63) is 52.6 Å². The number of benzene rings is 2. The van der Waals surface area contributed by atoms with Crippen LogP contribution in [-0.2, 0) is 29.3 Å². The van der Waals surface area contributed by atoms with E-state index in [4.69, 9.17) is 5.14 Å².